The van der Waals surface area contributed by atoms with Crippen LogP contribution in [0.25, 0.3) is 0 Å². The van der Waals surface area contributed by atoms with Crippen LogP contribution in [0.2, 0.25) is 0 Å². The predicted octanol–water partition coefficient (Wildman–Crippen LogP) is 5.94. The molecular formula is C18H24F2N2S. The summed E-state index contributed by atoms with van der Waals surface area (Å²) in [6, 6.07) is 6.14. The van der Waals surface area contributed by atoms with E-state index in [4.69, 9.17) is 0 Å². The lowest BCUT2D eigenvalue weighted by molar-refractivity contribution is 0.235. The Labute approximate surface area is 141 Å². The fourth-order valence-electron chi connectivity index (χ4n) is 2.47. The van der Waals surface area contributed by atoms with E-state index in [0.29, 0.717) is 0 Å². The molecule has 0 bridgehead atoms. The van der Waals surface area contributed by atoms with Gasteiger partial charge in [-0.3, -0.25) is 0 Å². The Balaban J connectivity index is 1.98. The van der Waals surface area contributed by atoms with Crippen LogP contribution in [0.5, 0.6) is 0 Å². The van der Waals surface area contributed by atoms with Gasteiger partial charge in [-0.25, -0.2) is 13.8 Å². The van der Waals surface area contributed by atoms with Crippen molar-refractivity contribution in [1.29, 1.82) is 0 Å². The SMILES string of the molecule is CCCCCCCSC(c1ccc(F)cc1)C(F)n1ccnc1. The molecule has 0 aliphatic carbocycles. The first kappa shape index (κ1) is 18.0. The monoisotopic (exact) mass is 338 g/mol. The molecule has 0 saturated carbocycles. The zero-order chi connectivity index (χ0) is 16.5. The van der Waals surface area contributed by atoms with Gasteiger partial charge in [0.2, 0.25) is 0 Å². The van der Waals surface area contributed by atoms with Gasteiger partial charge in [-0.15, -0.1) is 11.8 Å². The molecule has 0 N–H and O–H groups in total. The topological polar surface area (TPSA) is 17.8 Å². The van der Waals surface area contributed by atoms with Gasteiger partial charge in [0.15, 0.2) is 6.30 Å². The summed E-state index contributed by atoms with van der Waals surface area (Å²) in [4.78, 5) is 3.92. The minimum atomic E-state index is -1.20. The molecule has 23 heavy (non-hydrogen) atoms. The highest BCUT2D eigenvalue weighted by Gasteiger charge is 2.24. The molecule has 0 aliphatic heterocycles. The lowest BCUT2D eigenvalue weighted by Gasteiger charge is -2.22. The number of aromatic nitrogens is 2. The zero-order valence-electron chi connectivity index (χ0n) is 13.5. The number of hydrogen-bond acceptors (Lipinski definition) is 2. The first-order valence-corrected chi connectivity index (χ1v) is 9.26. The van der Waals surface area contributed by atoms with E-state index in [1.807, 2.05) is 0 Å². The fraction of sp³-hybridized carbons (Fsp3) is 0.500. The third-order valence-corrected chi connectivity index (χ3v) is 5.18. The molecule has 2 atom stereocenters. The summed E-state index contributed by atoms with van der Waals surface area (Å²) < 4.78 is 29.5. The number of unbranched alkanes of at least 4 members (excludes halogenated alkanes) is 4. The highest BCUT2D eigenvalue weighted by atomic mass is 32.2. The Bertz CT molecular complexity index is 543. The number of rotatable bonds is 10. The van der Waals surface area contributed by atoms with Crippen LogP contribution in [0.15, 0.2) is 43.0 Å². The minimum Gasteiger partial charge on any atom is -0.305 e. The first-order chi connectivity index (χ1) is 11.2. The number of hydrogen-bond donors (Lipinski definition) is 0. The van der Waals surface area contributed by atoms with E-state index in [2.05, 4.69) is 11.9 Å². The van der Waals surface area contributed by atoms with Gasteiger partial charge < -0.3 is 4.57 Å². The lowest BCUT2D eigenvalue weighted by Crippen LogP contribution is -2.11. The van der Waals surface area contributed by atoms with Crippen LogP contribution in [0, 0.1) is 5.82 Å². The van der Waals surface area contributed by atoms with E-state index in [9.17, 15) is 8.78 Å². The molecule has 1 heterocycles. The van der Waals surface area contributed by atoms with Crippen LogP contribution >= 0.6 is 11.8 Å². The van der Waals surface area contributed by atoms with Crippen LogP contribution in [-0.2, 0) is 0 Å². The molecule has 0 amide bonds. The number of halogens is 2. The third-order valence-electron chi connectivity index (χ3n) is 3.80. The van der Waals surface area contributed by atoms with Crippen LogP contribution in [0.1, 0.15) is 56.1 Å². The number of imidazole rings is 1. The van der Waals surface area contributed by atoms with Gasteiger partial charge in [-0.2, -0.15) is 0 Å². The summed E-state index contributed by atoms with van der Waals surface area (Å²) in [7, 11) is 0. The Kier molecular flexibility index (Phi) is 7.59. The summed E-state index contributed by atoms with van der Waals surface area (Å²) in [6.07, 6.45) is 9.46. The fourth-order valence-corrected chi connectivity index (χ4v) is 3.75. The second kappa shape index (κ2) is 9.71. The molecule has 0 aliphatic rings. The molecule has 0 fully saturated rings. The second-order valence-electron chi connectivity index (χ2n) is 5.64. The molecule has 1 aromatic heterocycles. The number of nitrogens with zero attached hydrogens (tertiary/aromatic N) is 2. The summed E-state index contributed by atoms with van der Waals surface area (Å²) in [6.45, 7) is 2.19. The van der Waals surface area contributed by atoms with Crippen molar-refractivity contribution in [2.75, 3.05) is 5.75 Å². The normalized spacial score (nSPS) is 13.9. The number of thioether (sulfide) groups is 1. The van der Waals surface area contributed by atoms with Crippen molar-refractivity contribution in [3.63, 3.8) is 0 Å². The van der Waals surface area contributed by atoms with E-state index in [0.717, 1.165) is 17.7 Å². The molecule has 2 aromatic rings. The lowest BCUT2D eigenvalue weighted by atomic mass is 10.1. The molecule has 0 spiro atoms. The van der Waals surface area contributed by atoms with Crippen molar-refractivity contribution in [2.45, 2.75) is 50.6 Å². The van der Waals surface area contributed by atoms with Gasteiger partial charge >= 0.3 is 0 Å². The first-order valence-electron chi connectivity index (χ1n) is 8.21. The third kappa shape index (κ3) is 5.65. The average molecular weight is 338 g/mol. The summed E-state index contributed by atoms with van der Waals surface area (Å²) in [5, 5.41) is -0.351. The molecular weight excluding hydrogens is 314 g/mol. The van der Waals surface area contributed by atoms with Gasteiger partial charge in [-0.05, 0) is 29.9 Å². The molecule has 5 heteroatoms. The minimum absolute atomic E-state index is 0.296. The van der Waals surface area contributed by atoms with Gasteiger partial charge in [0.25, 0.3) is 0 Å². The quantitative estimate of drug-likeness (QED) is 0.499. The van der Waals surface area contributed by atoms with Crippen LogP contribution in [0.3, 0.4) is 0 Å². The molecule has 2 unspecified atom stereocenters. The average Bonchev–Trinajstić information content (AvgIpc) is 3.09. The van der Waals surface area contributed by atoms with E-state index >= 15 is 0 Å². The van der Waals surface area contributed by atoms with Crippen molar-refractivity contribution in [3.8, 4) is 0 Å². The molecule has 0 radical (unpaired) electrons. The summed E-state index contributed by atoms with van der Waals surface area (Å²) >= 11 is 1.60. The number of benzene rings is 1. The van der Waals surface area contributed by atoms with Gasteiger partial charge in [0, 0.05) is 12.4 Å². The smallest absolute Gasteiger partial charge is 0.193 e. The number of alkyl halides is 1. The largest absolute Gasteiger partial charge is 0.305 e. The standard InChI is InChI=1S/C18H24F2N2S/c1-2-3-4-5-6-13-23-17(15-7-9-16(19)10-8-15)18(20)22-12-11-21-14-22/h7-12,14,17-18H,2-6,13H2,1H3. The van der Waals surface area contributed by atoms with E-state index in [1.165, 1.54) is 48.7 Å². The van der Waals surface area contributed by atoms with Gasteiger partial charge in [0.05, 0.1) is 11.6 Å². The van der Waals surface area contributed by atoms with E-state index in [1.54, 1.807) is 36.3 Å². The highest BCUT2D eigenvalue weighted by Crippen LogP contribution is 2.40. The van der Waals surface area contributed by atoms with Crippen molar-refractivity contribution >= 4 is 11.8 Å². The van der Waals surface area contributed by atoms with Crippen LogP contribution < -0.4 is 0 Å². The predicted molar refractivity (Wildman–Crippen MR) is 92.7 cm³/mol. The van der Waals surface area contributed by atoms with Crippen LogP contribution in [0.4, 0.5) is 8.78 Å². The van der Waals surface area contributed by atoms with Crippen molar-refractivity contribution in [3.05, 3.63) is 54.4 Å². The maximum atomic E-state index is 14.9. The van der Waals surface area contributed by atoms with Gasteiger partial charge in [-0.1, -0.05) is 44.7 Å². The highest BCUT2D eigenvalue weighted by molar-refractivity contribution is 7.99. The second-order valence-corrected chi connectivity index (χ2v) is 6.89. The molecule has 0 saturated heterocycles. The van der Waals surface area contributed by atoms with Crippen molar-refractivity contribution in [2.24, 2.45) is 0 Å². The summed E-state index contributed by atoms with van der Waals surface area (Å²) in [5.41, 5.74) is 0.811. The molecule has 2 rings (SSSR count). The zero-order valence-corrected chi connectivity index (χ0v) is 14.3. The van der Waals surface area contributed by atoms with Crippen molar-refractivity contribution in [1.82, 2.24) is 9.55 Å². The van der Waals surface area contributed by atoms with Crippen molar-refractivity contribution < 1.29 is 8.78 Å². The Morgan fingerprint density at radius 3 is 2.52 bits per heavy atom. The summed E-state index contributed by atoms with van der Waals surface area (Å²) in [5.74, 6) is 0.607. The Hall–Kier alpha value is -1.36. The maximum Gasteiger partial charge on any atom is 0.193 e. The van der Waals surface area contributed by atoms with E-state index in [-0.39, 0.29) is 11.1 Å². The molecule has 1 aromatic carbocycles. The van der Waals surface area contributed by atoms with Crippen LogP contribution in [-0.4, -0.2) is 15.3 Å². The molecule has 126 valence electrons. The Morgan fingerprint density at radius 1 is 1.13 bits per heavy atom. The maximum absolute atomic E-state index is 14.9. The Morgan fingerprint density at radius 2 is 1.87 bits per heavy atom. The molecule has 2 nitrogen and oxygen atoms in total. The van der Waals surface area contributed by atoms with E-state index < -0.39 is 6.30 Å². The van der Waals surface area contributed by atoms with Gasteiger partial charge in [0.1, 0.15) is 5.82 Å².